The molecule has 4 heteroatoms. The summed E-state index contributed by atoms with van der Waals surface area (Å²) in [5, 5.41) is 12.4. The molecule has 0 saturated carbocycles. The van der Waals surface area contributed by atoms with Gasteiger partial charge in [0.25, 0.3) is 0 Å². The van der Waals surface area contributed by atoms with E-state index in [4.69, 9.17) is 11.6 Å². The summed E-state index contributed by atoms with van der Waals surface area (Å²) < 4.78 is 0. The number of hydrogen-bond acceptors (Lipinski definition) is 3. The fourth-order valence-corrected chi connectivity index (χ4v) is 3.18. The van der Waals surface area contributed by atoms with Crippen molar-refractivity contribution in [2.75, 3.05) is 18.0 Å². The predicted octanol–water partition coefficient (Wildman–Crippen LogP) is 3.49. The number of pyridine rings is 1. The predicted molar refractivity (Wildman–Crippen MR) is 83.4 cm³/mol. The van der Waals surface area contributed by atoms with Crippen molar-refractivity contribution in [1.29, 1.82) is 0 Å². The van der Waals surface area contributed by atoms with E-state index in [-0.39, 0.29) is 6.10 Å². The lowest BCUT2D eigenvalue weighted by molar-refractivity contribution is 0.115. The summed E-state index contributed by atoms with van der Waals surface area (Å²) in [4.78, 5) is 6.76. The van der Waals surface area contributed by atoms with Gasteiger partial charge in [0.15, 0.2) is 0 Å². The Morgan fingerprint density at radius 1 is 1.40 bits per heavy atom. The maximum Gasteiger partial charge on any atom is 0.139 e. The zero-order valence-electron chi connectivity index (χ0n) is 11.6. The molecule has 0 spiro atoms. The Labute approximate surface area is 124 Å². The Kier molecular flexibility index (Phi) is 3.81. The monoisotopic (exact) mass is 290 g/mol. The van der Waals surface area contributed by atoms with E-state index in [0.29, 0.717) is 11.1 Å². The molecule has 0 aliphatic carbocycles. The third-order valence-corrected chi connectivity index (χ3v) is 4.43. The molecule has 106 valence electrons. The lowest BCUT2D eigenvalue weighted by Crippen LogP contribution is -2.39. The maximum absolute atomic E-state index is 9.80. The lowest BCUT2D eigenvalue weighted by atomic mass is 9.93. The highest BCUT2D eigenvalue weighted by Crippen LogP contribution is 2.29. The van der Waals surface area contributed by atoms with E-state index in [1.807, 2.05) is 25.1 Å². The second-order valence-corrected chi connectivity index (χ2v) is 5.94. The van der Waals surface area contributed by atoms with Gasteiger partial charge in [-0.3, -0.25) is 0 Å². The van der Waals surface area contributed by atoms with E-state index in [2.05, 4.69) is 22.0 Å². The second-order valence-electron chi connectivity index (χ2n) is 5.58. The van der Waals surface area contributed by atoms with Crippen LogP contribution in [-0.4, -0.2) is 29.3 Å². The Hall–Kier alpha value is -1.32. The molecular weight excluding hydrogens is 272 g/mol. The highest BCUT2D eigenvalue weighted by Gasteiger charge is 2.24. The Morgan fingerprint density at radius 3 is 3.00 bits per heavy atom. The molecule has 0 bridgehead atoms. The molecule has 0 radical (unpaired) electrons. The molecule has 3 nitrogen and oxygen atoms in total. The number of anilines is 1. The molecule has 1 fully saturated rings. The summed E-state index contributed by atoms with van der Waals surface area (Å²) >= 11 is 6.29. The zero-order valence-corrected chi connectivity index (χ0v) is 12.3. The van der Waals surface area contributed by atoms with Crippen LogP contribution >= 0.6 is 11.6 Å². The maximum atomic E-state index is 9.80. The molecule has 2 heterocycles. The number of aliphatic hydroxyl groups is 1. The minimum Gasteiger partial charge on any atom is -0.393 e. The van der Waals surface area contributed by atoms with E-state index in [1.54, 1.807) is 0 Å². The Bertz CT molecular complexity index is 614. The number of aromatic nitrogens is 1. The molecule has 2 atom stereocenters. The summed E-state index contributed by atoms with van der Waals surface area (Å²) in [7, 11) is 0. The van der Waals surface area contributed by atoms with Crippen LogP contribution in [0, 0.1) is 5.92 Å². The molecular formula is C16H19ClN2O. The Balaban J connectivity index is 1.93. The summed E-state index contributed by atoms with van der Waals surface area (Å²) in [6, 6.07) is 10.1. The van der Waals surface area contributed by atoms with Gasteiger partial charge in [0, 0.05) is 24.4 Å². The van der Waals surface area contributed by atoms with Crippen LogP contribution in [0.4, 0.5) is 5.82 Å². The molecule has 1 aliphatic heterocycles. The molecule has 0 amide bonds. The van der Waals surface area contributed by atoms with Crippen LogP contribution in [0.1, 0.15) is 19.8 Å². The number of fused-ring (bicyclic) bond motifs is 1. The largest absolute Gasteiger partial charge is 0.393 e. The first kappa shape index (κ1) is 13.7. The van der Waals surface area contributed by atoms with Crippen LogP contribution in [0.5, 0.6) is 0 Å². The first-order chi connectivity index (χ1) is 9.65. The van der Waals surface area contributed by atoms with Crippen molar-refractivity contribution in [3.05, 3.63) is 35.5 Å². The average molecular weight is 291 g/mol. The SMILES string of the molecule is CC(O)C1CCCN(c2cc3ccccc3c(Cl)n2)C1. The van der Waals surface area contributed by atoms with Gasteiger partial charge in [0.1, 0.15) is 11.0 Å². The van der Waals surface area contributed by atoms with Crippen molar-refractivity contribution in [2.45, 2.75) is 25.9 Å². The first-order valence-corrected chi connectivity index (χ1v) is 7.51. The van der Waals surface area contributed by atoms with E-state index >= 15 is 0 Å². The smallest absolute Gasteiger partial charge is 0.139 e. The van der Waals surface area contributed by atoms with E-state index in [0.717, 1.165) is 42.5 Å². The molecule has 1 aromatic heterocycles. The zero-order chi connectivity index (χ0) is 14.1. The highest BCUT2D eigenvalue weighted by atomic mass is 35.5. The summed E-state index contributed by atoms with van der Waals surface area (Å²) in [5.74, 6) is 1.23. The van der Waals surface area contributed by atoms with Crippen LogP contribution in [0.25, 0.3) is 10.8 Å². The van der Waals surface area contributed by atoms with Gasteiger partial charge in [-0.2, -0.15) is 0 Å². The van der Waals surface area contributed by atoms with Gasteiger partial charge in [-0.25, -0.2) is 4.98 Å². The third-order valence-electron chi connectivity index (χ3n) is 4.14. The molecule has 1 aromatic carbocycles. The number of benzene rings is 1. The second kappa shape index (κ2) is 5.58. The van der Waals surface area contributed by atoms with Gasteiger partial charge in [-0.05, 0) is 31.2 Å². The topological polar surface area (TPSA) is 36.4 Å². The standard InChI is InChI=1S/C16H19ClN2O/c1-11(20)13-6-4-8-19(10-13)15-9-12-5-2-3-7-14(12)16(17)18-15/h2-3,5,7,9,11,13,20H,4,6,8,10H2,1H3. The molecule has 2 aromatic rings. The quantitative estimate of drug-likeness (QED) is 0.860. The van der Waals surface area contributed by atoms with Gasteiger partial charge in [0.05, 0.1) is 6.10 Å². The van der Waals surface area contributed by atoms with Crippen molar-refractivity contribution in [3.63, 3.8) is 0 Å². The molecule has 1 aliphatic rings. The van der Waals surface area contributed by atoms with Crippen molar-refractivity contribution < 1.29 is 5.11 Å². The summed E-state index contributed by atoms with van der Waals surface area (Å²) in [6.45, 7) is 3.69. The minimum atomic E-state index is -0.270. The lowest BCUT2D eigenvalue weighted by Gasteiger charge is -2.35. The van der Waals surface area contributed by atoms with Crippen molar-refractivity contribution in [1.82, 2.24) is 4.98 Å². The number of piperidine rings is 1. The van der Waals surface area contributed by atoms with Crippen LogP contribution in [0.15, 0.2) is 30.3 Å². The van der Waals surface area contributed by atoms with Gasteiger partial charge >= 0.3 is 0 Å². The summed E-state index contributed by atoms with van der Waals surface area (Å²) in [5.41, 5.74) is 0. The molecule has 3 rings (SSSR count). The number of halogens is 1. The normalized spacial score (nSPS) is 21.1. The van der Waals surface area contributed by atoms with Crippen LogP contribution in [0.3, 0.4) is 0 Å². The number of aliphatic hydroxyl groups excluding tert-OH is 1. The van der Waals surface area contributed by atoms with Crippen molar-refractivity contribution in [2.24, 2.45) is 5.92 Å². The molecule has 1 saturated heterocycles. The van der Waals surface area contributed by atoms with E-state index in [9.17, 15) is 5.11 Å². The van der Waals surface area contributed by atoms with Gasteiger partial charge < -0.3 is 10.0 Å². The number of hydrogen-bond donors (Lipinski definition) is 1. The molecule has 2 unspecified atom stereocenters. The van der Waals surface area contributed by atoms with Crippen molar-refractivity contribution in [3.8, 4) is 0 Å². The van der Waals surface area contributed by atoms with Crippen LogP contribution in [0.2, 0.25) is 5.15 Å². The van der Waals surface area contributed by atoms with Crippen molar-refractivity contribution >= 4 is 28.2 Å². The molecule has 1 N–H and O–H groups in total. The van der Waals surface area contributed by atoms with E-state index < -0.39 is 0 Å². The fourth-order valence-electron chi connectivity index (χ4n) is 2.92. The Morgan fingerprint density at radius 2 is 2.20 bits per heavy atom. The van der Waals surface area contributed by atoms with Gasteiger partial charge in [-0.15, -0.1) is 0 Å². The van der Waals surface area contributed by atoms with E-state index in [1.165, 1.54) is 0 Å². The minimum absolute atomic E-state index is 0.270. The number of rotatable bonds is 2. The average Bonchev–Trinajstić information content (AvgIpc) is 2.47. The third kappa shape index (κ3) is 2.60. The van der Waals surface area contributed by atoms with Gasteiger partial charge in [-0.1, -0.05) is 35.9 Å². The van der Waals surface area contributed by atoms with Crippen LogP contribution < -0.4 is 4.90 Å². The highest BCUT2D eigenvalue weighted by molar-refractivity contribution is 6.34. The van der Waals surface area contributed by atoms with Gasteiger partial charge in [0.2, 0.25) is 0 Å². The van der Waals surface area contributed by atoms with Crippen LogP contribution in [-0.2, 0) is 0 Å². The summed E-state index contributed by atoms with van der Waals surface area (Å²) in [6.07, 6.45) is 1.89. The first-order valence-electron chi connectivity index (χ1n) is 7.13. The molecule has 20 heavy (non-hydrogen) atoms. The fraction of sp³-hybridized carbons (Fsp3) is 0.438. The number of nitrogens with zero attached hydrogens (tertiary/aromatic N) is 2.